The molecule has 2 aliphatic rings. The number of methoxy groups -OCH3 is 1. The van der Waals surface area contributed by atoms with E-state index in [1.165, 1.54) is 6.42 Å². The van der Waals surface area contributed by atoms with Crippen LogP contribution in [0.25, 0.3) is 0 Å². The number of urea groups is 2. The van der Waals surface area contributed by atoms with Crippen LogP contribution in [0.5, 0.6) is 11.5 Å². The van der Waals surface area contributed by atoms with Crippen LogP contribution in [-0.2, 0) is 11.2 Å². The minimum absolute atomic E-state index is 0.0483. The van der Waals surface area contributed by atoms with Gasteiger partial charge in [0.15, 0.2) is 0 Å². The summed E-state index contributed by atoms with van der Waals surface area (Å²) in [5.41, 5.74) is 1.82. The number of fused-ring (bicyclic) bond motifs is 1. The minimum Gasteiger partial charge on any atom is -0.497 e. The molecule has 1 aliphatic heterocycles. The van der Waals surface area contributed by atoms with Crippen molar-refractivity contribution in [1.29, 1.82) is 0 Å². The third-order valence-electron chi connectivity index (χ3n) is 8.26. The van der Waals surface area contributed by atoms with Gasteiger partial charge in [-0.3, -0.25) is 4.79 Å². The second-order valence-corrected chi connectivity index (χ2v) is 11.7. The van der Waals surface area contributed by atoms with Crippen LogP contribution in [-0.4, -0.2) is 84.9 Å². The highest BCUT2D eigenvalue weighted by molar-refractivity contribution is 5.90. The highest BCUT2D eigenvalue weighted by atomic mass is 16.5. The molecule has 11 heteroatoms. The van der Waals surface area contributed by atoms with Crippen LogP contribution in [0.3, 0.4) is 0 Å². The maximum Gasteiger partial charge on any atom is 0.321 e. The van der Waals surface area contributed by atoms with Gasteiger partial charge in [-0.2, -0.15) is 0 Å². The lowest BCUT2D eigenvalue weighted by molar-refractivity contribution is -0.134. The molecule has 0 unspecified atom stereocenters. The number of aliphatic hydroxyl groups excluding tert-OH is 1. The van der Waals surface area contributed by atoms with Crippen molar-refractivity contribution < 1.29 is 29.0 Å². The van der Waals surface area contributed by atoms with E-state index in [2.05, 4.69) is 16.0 Å². The number of amides is 5. The fourth-order valence-corrected chi connectivity index (χ4v) is 5.57. The number of hydrogen-bond acceptors (Lipinski definition) is 6. The first kappa shape index (κ1) is 31.9. The largest absolute Gasteiger partial charge is 0.497 e. The van der Waals surface area contributed by atoms with E-state index in [4.69, 9.17) is 9.47 Å². The van der Waals surface area contributed by atoms with Crippen molar-refractivity contribution in [1.82, 2.24) is 15.1 Å². The van der Waals surface area contributed by atoms with Crippen LogP contribution in [0.2, 0.25) is 0 Å². The van der Waals surface area contributed by atoms with E-state index in [9.17, 15) is 19.5 Å². The summed E-state index contributed by atoms with van der Waals surface area (Å²) in [7, 11) is 3.28. The van der Waals surface area contributed by atoms with Gasteiger partial charge in [0.2, 0.25) is 5.91 Å². The van der Waals surface area contributed by atoms with Gasteiger partial charge in [0.1, 0.15) is 17.6 Å². The molecule has 2 aromatic carbocycles. The number of rotatable bonds is 8. The SMILES string of the molecule is COc1ccc(NC(=O)N(C)C[C@H]2Oc3ccc(NC(=O)NC4CCCCC4)cc3CC(=O)N([C@@H](C)CO)C[C@@H]2C)cc1. The molecular formula is C32H45N5O6. The molecule has 0 spiro atoms. The lowest BCUT2D eigenvalue weighted by Gasteiger charge is -2.34. The van der Waals surface area contributed by atoms with E-state index in [0.29, 0.717) is 35.0 Å². The molecule has 3 atom stereocenters. The van der Waals surface area contributed by atoms with Gasteiger partial charge in [0.25, 0.3) is 0 Å². The molecule has 1 saturated carbocycles. The van der Waals surface area contributed by atoms with Crippen molar-refractivity contribution in [3.05, 3.63) is 48.0 Å². The van der Waals surface area contributed by atoms with E-state index in [1.54, 1.807) is 73.3 Å². The maximum absolute atomic E-state index is 13.5. The molecule has 234 valence electrons. The topological polar surface area (TPSA) is 132 Å². The van der Waals surface area contributed by atoms with Crippen LogP contribution in [0.1, 0.15) is 51.5 Å². The molecule has 1 fully saturated rings. The molecule has 0 saturated heterocycles. The minimum atomic E-state index is -0.460. The van der Waals surface area contributed by atoms with Gasteiger partial charge in [0, 0.05) is 42.5 Å². The van der Waals surface area contributed by atoms with Gasteiger partial charge >= 0.3 is 12.1 Å². The monoisotopic (exact) mass is 595 g/mol. The summed E-state index contributed by atoms with van der Waals surface area (Å²) in [6.45, 7) is 4.20. The zero-order valence-electron chi connectivity index (χ0n) is 25.6. The van der Waals surface area contributed by atoms with E-state index in [0.717, 1.165) is 25.7 Å². The summed E-state index contributed by atoms with van der Waals surface area (Å²) < 4.78 is 11.7. The fourth-order valence-electron chi connectivity index (χ4n) is 5.57. The number of carbonyl (C=O) groups is 3. The third-order valence-corrected chi connectivity index (χ3v) is 8.26. The van der Waals surface area contributed by atoms with Crippen molar-refractivity contribution in [2.45, 2.75) is 70.6 Å². The van der Waals surface area contributed by atoms with Gasteiger partial charge in [-0.25, -0.2) is 9.59 Å². The van der Waals surface area contributed by atoms with Crippen molar-refractivity contribution >= 4 is 29.3 Å². The molecule has 4 rings (SSSR count). The fraction of sp³-hybridized carbons (Fsp3) is 0.531. The lowest BCUT2D eigenvalue weighted by atomic mass is 9.96. The first-order valence-electron chi connectivity index (χ1n) is 15.1. The van der Waals surface area contributed by atoms with Crippen molar-refractivity contribution in [3.63, 3.8) is 0 Å². The summed E-state index contributed by atoms with van der Waals surface area (Å²) >= 11 is 0. The van der Waals surface area contributed by atoms with Crippen molar-refractivity contribution in [2.75, 3.05) is 44.5 Å². The number of nitrogens with zero attached hydrogens (tertiary/aromatic N) is 2. The number of anilines is 2. The van der Waals surface area contributed by atoms with Gasteiger partial charge < -0.3 is 40.3 Å². The van der Waals surface area contributed by atoms with Crippen LogP contribution in [0, 0.1) is 5.92 Å². The number of benzene rings is 2. The molecular weight excluding hydrogens is 550 g/mol. The Balaban J connectivity index is 1.52. The van der Waals surface area contributed by atoms with E-state index in [-0.39, 0.29) is 49.5 Å². The second kappa shape index (κ2) is 15.0. The molecule has 4 N–H and O–H groups in total. The predicted molar refractivity (Wildman–Crippen MR) is 166 cm³/mol. The van der Waals surface area contributed by atoms with Gasteiger partial charge in [-0.1, -0.05) is 26.2 Å². The van der Waals surface area contributed by atoms with Gasteiger partial charge in [-0.05, 0) is 62.2 Å². The van der Waals surface area contributed by atoms with Crippen molar-refractivity contribution in [3.8, 4) is 11.5 Å². The standard InChI is InChI=1S/C32H45N5O6/c1-21-18-37(22(2)20-38)30(39)17-23-16-26(34-31(40)33-24-8-6-5-7-9-24)12-15-28(23)43-29(21)19-36(3)32(41)35-25-10-13-27(42-4)14-11-25/h10-16,21-22,24,29,38H,5-9,17-20H2,1-4H3,(H,35,41)(H2,33,34,40)/t21-,22-,29+/m0/s1. The Hall–Kier alpha value is -3.99. The number of carbonyl (C=O) groups excluding carboxylic acids is 3. The quantitative estimate of drug-likeness (QED) is 0.356. The summed E-state index contributed by atoms with van der Waals surface area (Å²) in [6, 6.07) is 11.6. The molecule has 2 aromatic rings. The summed E-state index contributed by atoms with van der Waals surface area (Å²) in [4.78, 5) is 42.5. The Morgan fingerprint density at radius 1 is 1.09 bits per heavy atom. The second-order valence-electron chi connectivity index (χ2n) is 11.7. The zero-order chi connectivity index (χ0) is 30.9. The Morgan fingerprint density at radius 3 is 2.47 bits per heavy atom. The summed E-state index contributed by atoms with van der Waals surface area (Å²) in [5, 5.41) is 18.8. The molecule has 11 nitrogen and oxygen atoms in total. The smallest absolute Gasteiger partial charge is 0.321 e. The molecule has 5 amide bonds. The van der Waals surface area contributed by atoms with Crippen molar-refractivity contribution in [2.24, 2.45) is 5.92 Å². The van der Waals surface area contributed by atoms with E-state index >= 15 is 0 Å². The summed E-state index contributed by atoms with van der Waals surface area (Å²) in [5.74, 6) is 0.899. The normalized spacial score (nSPS) is 19.9. The molecule has 0 aromatic heterocycles. The van der Waals surface area contributed by atoms with E-state index in [1.807, 2.05) is 6.92 Å². The Bertz CT molecular complexity index is 1250. The highest BCUT2D eigenvalue weighted by Crippen LogP contribution is 2.29. The van der Waals surface area contributed by atoms with Crippen LogP contribution >= 0.6 is 0 Å². The number of hydrogen-bond donors (Lipinski definition) is 4. The highest BCUT2D eigenvalue weighted by Gasteiger charge is 2.32. The summed E-state index contributed by atoms with van der Waals surface area (Å²) in [6.07, 6.45) is 4.97. The first-order chi connectivity index (χ1) is 20.7. The number of aliphatic hydroxyl groups is 1. The Kier molecular flexibility index (Phi) is 11.1. The van der Waals surface area contributed by atoms with Crippen LogP contribution in [0.4, 0.5) is 21.0 Å². The first-order valence-corrected chi connectivity index (χ1v) is 15.1. The Morgan fingerprint density at radius 2 is 1.79 bits per heavy atom. The number of likely N-dealkylation sites (N-methyl/N-ethyl adjacent to an activating group) is 1. The zero-order valence-corrected chi connectivity index (χ0v) is 25.6. The van der Waals surface area contributed by atoms with Crippen LogP contribution < -0.4 is 25.4 Å². The maximum atomic E-state index is 13.5. The third kappa shape index (κ3) is 8.76. The molecule has 43 heavy (non-hydrogen) atoms. The lowest BCUT2D eigenvalue weighted by Crippen LogP contribution is -2.48. The molecule has 0 bridgehead atoms. The van der Waals surface area contributed by atoms with E-state index < -0.39 is 12.1 Å². The Labute approximate surface area is 253 Å². The average molecular weight is 596 g/mol. The average Bonchev–Trinajstić information content (AvgIpc) is 3.04. The molecule has 1 aliphatic carbocycles. The van der Waals surface area contributed by atoms with Gasteiger partial charge in [0.05, 0.1) is 32.7 Å². The number of ether oxygens (including phenoxy) is 2. The number of nitrogens with one attached hydrogen (secondary N) is 3. The molecule has 1 heterocycles. The van der Waals surface area contributed by atoms with Crippen LogP contribution in [0.15, 0.2) is 42.5 Å². The molecule has 0 radical (unpaired) electrons. The van der Waals surface area contributed by atoms with Gasteiger partial charge in [-0.15, -0.1) is 0 Å². The predicted octanol–water partition coefficient (Wildman–Crippen LogP) is 4.46.